The standard InChI is InChI=1S/C13H16N4O2S2/c18-21(19,11-6-3-7-14-9-11)17-13-16-15-12(20-13)8-10-4-1-2-5-10/h3,6-7,9-10H,1-2,4-5,8H2,(H,16,17). The number of pyridine rings is 1. The summed E-state index contributed by atoms with van der Waals surface area (Å²) in [7, 11) is -3.63. The summed E-state index contributed by atoms with van der Waals surface area (Å²) in [4.78, 5) is 3.94. The van der Waals surface area contributed by atoms with E-state index in [-0.39, 0.29) is 4.90 Å². The lowest BCUT2D eigenvalue weighted by atomic mass is 10.1. The van der Waals surface area contributed by atoms with E-state index in [1.807, 2.05) is 0 Å². The molecule has 0 aromatic carbocycles. The Morgan fingerprint density at radius 1 is 1.29 bits per heavy atom. The van der Waals surface area contributed by atoms with E-state index in [0.29, 0.717) is 11.0 Å². The topological polar surface area (TPSA) is 84.8 Å². The summed E-state index contributed by atoms with van der Waals surface area (Å²) in [6, 6.07) is 3.08. The molecule has 112 valence electrons. The predicted molar refractivity (Wildman–Crippen MR) is 80.6 cm³/mol. The average Bonchev–Trinajstić information content (AvgIpc) is 3.12. The van der Waals surface area contributed by atoms with Crippen molar-refractivity contribution in [1.29, 1.82) is 0 Å². The Kier molecular flexibility index (Phi) is 4.16. The number of nitrogens with zero attached hydrogens (tertiary/aromatic N) is 3. The molecule has 0 radical (unpaired) electrons. The van der Waals surface area contributed by atoms with Crippen molar-refractivity contribution >= 4 is 26.5 Å². The number of rotatable bonds is 5. The molecule has 1 N–H and O–H groups in total. The lowest BCUT2D eigenvalue weighted by Crippen LogP contribution is -2.12. The van der Waals surface area contributed by atoms with Gasteiger partial charge in [0, 0.05) is 18.8 Å². The summed E-state index contributed by atoms with van der Waals surface area (Å²) in [5.74, 6) is 0.667. The molecule has 0 spiro atoms. The van der Waals surface area contributed by atoms with E-state index < -0.39 is 10.0 Å². The number of nitrogens with one attached hydrogen (secondary N) is 1. The van der Waals surface area contributed by atoms with Crippen LogP contribution in [-0.2, 0) is 16.4 Å². The zero-order chi connectivity index (χ0) is 14.7. The smallest absolute Gasteiger partial charge is 0.263 e. The van der Waals surface area contributed by atoms with Gasteiger partial charge in [-0.25, -0.2) is 8.42 Å². The SMILES string of the molecule is O=S(=O)(Nc1nnc(CC2CCCC2)s1)c1cccnc1. The van der Waals surface area contributed by atoms with Crippen molar-refractivity contribution < 1.29 is 8.42 Å². The summed E-state index contributed by atoms with van der Waals surface area (Å²) < 4.78 is 26.7. The fourth-order valence-corrected chi connectivity index (χ4v) is 4.57. The van der Waals surface area contributed by atoms with Gasteiger partial charge in [-0.1, -0.05) is 37.0 Å². The minimum absolute atomic E-state index is 0.123. The van der Waals surface area contributed by atoms with Crippen LogP contribution in [0.4, 0.5) is 5.13 Å². The first-order valence-electron chi connectivity index (χ1n) is 6.89. The third-order valence-electron chi connectivity index (χ3n) is 3.57. The van der Waals surface area contributed by atoms with Gasteiger partial charge in [-0.05, 0) is 18.1 Å². The zero-order valence-electron chi connectivity index (χ0n) is 11.4. The van der Waals surface area contributed by atoms with Crippen LogP contribution in [0.5, 0.6) is 0 Å². The molecule has 0 unspecified atom stereocenters. The fraction of sp³-hybridized carbons (Fsp3) is 0.462. The molecule has 0 atom stereocenters. The summed E-state index contributed by atoms with van der Waals surface area (Å²) in [5, 5.41) is 9.22. The summed E-state index contributed by atoms with van der Waals surface area (Å²) >= 11 is 1.31. The maximum absolute atomic E-state index is 12.1. The maximum Gasteiger partial charge on any atom is 0.265 e. The van der Waals surface area contributed by atoms with Crippen LogP contribution >= 0.6 is 11.3 Å². The van der Waals surface area contributed by atoms with Gasteiger partial charge in [-0.3, -0.25) is 9.71 Å². The van der Waals surface area contributed by atoms with E-state index in [0.717, 1.165) is 11.4 Å². The van der Waals surface area contributed by atoms with Gasteiger partial charge in [0.1, 0.15) is 9.90 Å². The van der Waals surface area contributed by atoms with Crippen LogP contribution in [0.3, 0.4) is 0 Å². The second-order valence-corrected chi connectivity index (χ2v) is 7.89. The van der Waals surface area contributed by atoms with Crippen molar-refractivity contribution in [2.24, 2.45) is 5.92 Å². The number of hydrogen-bond acceptors (Lipinski definition) is 6. The first-order chi connectivity index (χ1) is 10.1. The monoisotopic (exact) mass is 324 g/mol. The van der Waals surface area contributed by atoms with Crippen LogP contribution in [0, 0.1) is 5.92 Å². The van der Waals surface area contributed by atoms with Crippen molar-refractivity contribution in [1.82, 2.24) is 15.2 Å². The lowest BCUT2D eigenvalue weighted by Gasteiger charge is -2.04. The molecule has 1 saturated carbocycles. The highest BCUT2D eigenvalue weighted by molar-refractivity contribution is 7.93. The molecule has 2 aromatic rings. The molecule has 1 aliphatic rings. The number of sulfonamides is 1. The minimum atomic E-state index is -3.63. The van der Waals surface area contributed by atoms with Crippen LogP contribution in [0.25, 0.3) is 0 Å². The van der Waals surface area contributed by atoms with Gasteiger partial charge in [0.2, 0.25) is 5.13 Å². The van der Waals surface area contributed by atoms with Gasteiger partial charge in [0.15, 0.2) is 0 Å². The van der Waals surface area contributed by atoms with Gasteiger partial charge >= 0.3 is 0 Å². The Labute approximate surface area is 127 Å². The van der Waals surface area contributed by atoms with Gasteiger partial charge in [-0.15, -0.1) is 10.2 Å². The van der Waals surface area contributed by atoms with Gasteiger partial charge in [-0.2, -0.15) is 0 Å². The van der Waals surface area contributed by atoms with Gasteiger partial charge in [0.25, 0.3) is 10.0 Å². The van der Waals surface area contributed by atoms with Crippen LogP contribution in [0.2, 0.25) is 0 Å². The predicted octanol–water partition coefficient (Wildman–Crippen LogP) is 2.47. The molecule has 0 saturated heterocycles. The van der Waals surface area contributed by atoms with Crippen LogP contribution in [0.15, 0.2) is 29.4 Å². The lowest BCUT2D eigenvalue weighted by molar-refractivity contribution is 0.542. The molecule has 2 heterocycles. The first kappa shape index (κ1) is 14.4. The molecule has 0 amide bonds. The van der Waals surface area contributed by atoms with Crippen molar-refractivity contribution in [3.05, 3.63) is 29.5 Å². The Hall–Kier alpha value is -1.54. The molecule has 2 aromatic heterocycles. The van der Waals surface area contributed by atoms with E-state index in [9.17, 15) is 8.42 Å². The number of anilines is 1. The Balaban J connectivity index is 1.69. The van der Waals surface area contributed by atoms with E-state index >= 15 is 0 Å². The summed E-state index contributed by atoms with van der Waals surface area (Å²) in [6.07, 6.45) is 8.76. The average molecular weight is 324 g/mol. The highest BCUT2D eigenvalue weighted by Gasteiger charge is 2.20. The Morgan fingerprint density at radius 3 is 2.81 bits per heavy atom. The highest BCUT2D eigenvalue weighted by atomic mass is 32.2. The molecule has 1 fully saturated rings. The first-order valence-corrected chi connectivity index (χ1v) is 9.19. The molecule has 3 rings (SSSR count). The second kappa shape index (κ2) is 6.07. The third kappa shape index (κ3) is 3.56. The largest absolute Gasteiger partial charge is 0.265 e. The van der Waals surface area contributed by atoms with E-state index in [2.05, 4.69) is 19.9 Å². The molecular formula is C13H16N4O2S2. The summed E-state index contributed by atoms with van der Waals surface area (Å²) in [6.45, 7) is 0. The van der Waals surface area contributed by atoms with Crippen molar-refractivity contribution in [3.63, 3.8) is 0 Å². The molecule has 1 aliphatic carbocycles. The maximum atomic E-state index is 12.1. The number of aromatic nitrogens is 3. The number of hydrogen-bond donors (Lipinski definition) is 1. The zero-order valence-corrected chi connectivity index (χ0v) is 13.0. The van der Waals surface area contributed by atoms with Crippen molar-refractivity contribution in [2.45, 2.75) is 37.0 Å². The van der Waals surface area contributed by atoms with Gasteiger partial charge < -0.3 is 0 Å². The van der Waals surface area contributed by atoms with Crippen LogP contribution < -0.4 is 4.72 Å². The van der Waals surface area contributed by atoms with Crippen molar-refractivity contribution in [2.75, 3.05) is 4.72 Å². The summed E-state index contributed by atoms with van der Waals surface area (Å²) in [5.41, 5.74) is 0. The Bertz CT molecular complexity index is 694. The normalized spacial score (nSPS) is 16.2. The third-order valence-corrected chi connectivity index (χ3v) is 5.89. The molecule has 8 heteroatoms. The van der Waals surface area contributed by atoms with Crippen LogP contribution in [-0.4, -0.2) is 23.6 Å². The minimum Gasteiger partial charge on any atom is -0.263 e. The second-order valence-electron chi connectivity index (χ2n) is 5.15. The van der Waals surface area contributed by atoms with E-state index in [1.165, 1.54) is 55.5 Å². The quantitative estimate of drug-likeness (QED) is 0.913. The molecule has 0 bridgehead atoms. The van der Waals surface area contributed by atoms with Gasteiger partial charge in [0.05, 0.1) is 0 Å². The molecular weight excluding hydrogens is 308 g/mol. The van der Waals surface area contributed by atoms with E-state index in [1.54, 1.807) is 6.07 Å². The Morgan fingerprint density at radius 2 is 2.10 bits per heavy atom. The fourth-order valence-electron chi connectivity index (χ4n) is 2.52. The van der Waals surface area contributed by atoms with E-state index in [4.69, 9.17) is 0 Å². The molecule has 0 aliphatic heterocycles. The molecule has 6 nitrogen and oxygen atoms in total. The van der Waals surface area contributed by atoms with Crippen LogP contribution in [0.1, 0.15) is 30.7 Å². The highest BCUT2D eigenvalue weighted by Crippen LogP contribution is 2.30. The van der Waals surface area contributed by atoms with Crippen molar-refractivity contribution in [3.8, 4) is 0 Å². The molecule has 21 heavy (non-hydrogen) atoms.